The van der Waals surface area contributed by atoms with Crippen molar-refractivity contribution < 1.29 is 18.1 Å². The summed E-state index contributed by atoms with van der Waals surface area (Å²) >= 11 is 0. The van der Waals surface area contributed by atoms with Gasteiger partial charge < -0.3 is 18.1 Å². The van der Waals surface area contributed by atoms with E-state index in [1.54, 1.807) is 0 Å². The summed E-state index contributed by atoms with van der Waals surface area (Å²) < 4.78 is 25.4. The van der Waals surface area contributed by atoms with E-state index in [1.165, 1.54) is 0 Å². The van der Waals surface area contributed by atoms with Crippen LogP contribution in [-0.4, -0.2) is 30.8 Å². The lowest BCUT2D eigenvalue weighted by molar-refractivity contribution is 0.260. The molecule has 0 aliphatic heterocycles. The van der Waals surface area contributed by atoms with Crippen molar-refractivity contribution in [1.82, 2.24) is 4.34 Å². The van der Waals surface area contributed by atoms with E-state index in [9.17, 15) is 0 Å². The normalized spacial score (nSPS) is 11.8. The molecule has 0 aliphatic rings. The number of nitrogens with zero attached hydrogens (tertiary/aromatic N) is 1. The van der Waals surface area contributed by atoms with Crippen LogP contribution in [0.3, 0.4) is 0 Å². The monoisotopic (exact) mass is 335 g/mol. The van der Waals surface area contributed by atoms with Gasteiger partial charge in [0.1, 0.15) is 5.44 Å². The predicted octanol–water partition coefficient (Wildman–Crippen LogP) is 4.26. The third kappa shape index (κ3) is 4.99. The van der Waals surface area contributed by atoms with Gasteiger partial charge in [0.25, 0.3) is 8.53 Å². The molecule has 0 radical (unpaired) electrons. The van der Waals surface area contributed by atoms with Crippen molar-refractivity contribution in [2.45, 2.75) is 41.5 Å². The Morgan fingerprint density at radius 3 is 1.76 bits per heavy atom. The average Bonchev–Trinajstić information content (AvgIpc) is 2.73. The van der Waals surface area contributed by atoms with Gasteiger partial charge in [-0.25, -0.2) is 0 Å². The van der Waals surface area contributed by atoms with Crippen LogP contribution in [0.5, 0.6) is 0 Å². The summed E-state index contributed by atoms with van der Waals surface area (Å²) in [6, 6.07) is 2.13. The van der Waals surface area contributed by atoms with Gasteiger partial charge in [0.15, 0.2) is 0 Å². The maximum absolute atomic E-state index is 5.83. The Bertz CT molecular complexity index is 377. The molecule has 0 N–H and O–H groups in total. The first kappa shape index (κ1) is 19.0. The van der Waals surface area contributed by atoms with Crippen molar-refractivity contribution in [3.8, 4) is 0 Å². The zero-order valence-corrected chi connectivity index (χ0v) is 15.7. The Hall–Kier alpha value is -0.0200. The topological polar surface area (TPSA) is 41.9 Å². The van der Waals surface area contributed by atoms with Crippen LogP contribution in [0, 0.1) is 13.8 Å². The van der Waals surface area contributed by atoms with Gasteiger partial charge in [-0.2, -0.15) is 0 Å². The summed E-state index contributed by atoms with van der Waals surface area (Å²) in [5.41, 5.74) is 3.33. The van der Waals surface area contributed by atoms with Gasteiger partial charge in [0, 0.05) is 5.69 Å². The quantitative estimate of drug-likeness (QED) is 0.599. The molecule has 122 valence electrons. The number of aromatic nitrogens is 1. The maximum atomic E-state index is 5.83. The zero-order valence-electron chi connectivity index (χ0n) is 13.9. The minimum Gasteiger partial charge on any atom is -0.330 e. The van der Waals surface area contributed by atoms with E-state index in [4.69, 9.17) is 18.1 Å². The molecule has 21 heavy (non-hydrogen) atoms. The molecule has 5 nitrogen and oxygen atoms in total. The van der Waals surface area contributed by atoms with Crippen molar-refractivity contribution in [2.75, 3.05) is 26.4 Å². The van der Waals surface area contributed by atoms with Gasteiger partial charge in [-0.3, -0.25) is 4.34 Å². The Kier molecular flexibility index (Phi) is 8.96. The molecule has 1 heterocycles. The highest BCUT2D eigenvalue weighted by Gasteiger charge is 2.28. The minimum atomic E-state index is -1.16. The second-order valence-corrected chi connectivity index (χ2v) is 7.12. The highest BCUT2D eigenvalue weighted by Crippen LogP contribution is 2.47. The summed E-state index contributed by atoms with van der Waals surface area (Å²) in [6.07, 6.45) is 0. The van der Waals surface area contributed by atoms with E-state index in [0.29, 0.717) is 26.4 Å². The number of aryl methyl sites for hydroxylation is 2. The zero-order chi connectivity index (χ0) is 15.8. The smallest absolute Gasteiger partial charge is 0.294 e. The largest absolute Gasteiger partial charge is 0.330 e. The summed E-state index contributed by atoms with van der Waals surface area (Å²) in [5, 5.41) is 0. The fourth-order valence-electron chi connectivity index (χ4n) is 1.97. The van der Waals surface area contributed by atoms with Gasteiger partial charge in [-0.05, 0) is 53.2 Å². The summed E-state index contributed by atoms with van der Waals surface area (Å²) in [7, 11) is -2.27. The lowest BCUT2D eigenvalue weighted by atomic mass is 10.3. The van der Waals surface area contributed by atoms with Crippen molar-refractivity contribution >= 4 is 22.3 Å². The molecule has 0 fully saturated rings. The second kappa shape index (κ2) is 9.89. The first-order chi connectivity index (χ1) is 10.1. The lowest BCUT2D eigenvalue weighted by Crippen LogP contribution is -2.19. The van der Waals surface area contributed by atoms with E-state index in [1.807, 2.05) is 27.7 Å². The lowest BCUT2D eigenvalue weighted by Gasteiger charge is -2.24. The summed E-state index contributed by atoms with van der Waals surface area (Å²) in [6.45, 7) is 14.5. The van der Waals surface area contributed by atoms with Crippen molar-refractivity contribution in [3.63, 3.8) is 0 Å². The number of rotatable bonds is 10. The van der Waals surface area contributed by atoms with Crippen LogP contribution >= 0.6 is 16.9 Å². The third-order valence-corrected chi connectivity index (χ3v) is 6.46. The van der Waals surface area contributed by atoms with Gasteiger partial charge in [0.05, 0.1) is 26.4 Å². The van der Waals surface area contributed by atoms with E-state index in [2.05, 4.69) is 24.3 Å². The molecule has 0 spiro atoms. The van der Waals surface area contributed by atoms with Crippen LogP contribution in [-0.2, 0) is 18.1 Å². The van der Waals surface area contributed by atoms with E-state index >= 15 is 0 Å². The summed E-state index contributed by atoms with van der Waals surface area (Å²) in [4.78, 5) is 0. The van der Waals surface area contributed by atoms with E-state index < -0.39 is 16.9 Å². The molecule has 0 aliphatic carbocycles. The molecule has 0 unspecified atom stereocenters. The van der Waals surface area contributed by atoms with Crippen molar-refractivity contribution in [3.05, 3.63) is 17.3 Å². The van der Waals surface area contributed by atoms with Crippen LogP contribution in [0.2, 0.25) is 0 Å². The molecule has 0 saturated heterocycles. The molecule has 1 aromatic rings. The molecule has 0 atom stereocenters. The number of hydrogen-bond acceptors (Lipinski definition) is 4. The van der Waals surface area contributed by atoms with Crippen LogP contribution in [0.25, 0.3) is 0 Å². The van der Waals surface area contributed by atoms with Crippen LogP contribution in [0.4, 0.5) is 0 Å². The van der Waals surface area contributed by atoms with Gasteiger partial charge in [0.2, 0.25) is 8.38 Å². The number of hydrogen-bond donors (Lipinski definition) is 0. The molecule has 0 aromatic carbocycles. The summed E-state index contributed by atoms with van der Waals surface area (Å²) in [5.74, 6) is 0. The molecule has 1 aromatic heterocycles. The van der Waals surface area contributed by atoms with Gasteiger partial charge >= 0.3 is 0 Å². The Balaban J connectivity index is 3.22. The first-order valence-electron chi connectivity index (χ1n) is 7.41. The molecular weight excluding hydrogens is 308 g/mol. The Labute approximate surface area is 130 Å². The predicted molar refractivity (Wildman–Crippen MR) is 89.3 cm³/mol. The van der Waals surface area contributed by atoms with E-state index in [-0.39, 0.29) is 0 Å². The highest BCUT2D eigenvalue weighted by molar-refractivity contribution is 7.57. The standard InChI is InChI=1S/C14H27NO4P2/c1-7-16-20(17-8-2)14-12(5)11-13(6)15(14)21(18-9-3)19-10-4/h11H,7-10H2,1-6H3. The SMILES string of the molecule is CCOP(OCC)c1c(C)cc(C)n1P(OCC)OCC. The highest BCUT2D eigenvalue weighted by atomic mass is 31.2. The van der Waals surface area contributed by atoms with Crippen LogP contribution < -0.4 is 5.44 Å². The Morgan fingerprint density at radius 2 is 1.33 bits per heavy atom. The molecule has 0 saturated carbocycles. The molecule has 7 heteroatoms. The molecule has 0 bridgehead atoms. The Morgan fingerprint density at radius 1 is 0.857 bits per heavy atom. The van der Waals surface area contributed by atoms with E-state index in [0.717, 1.165) is 16.7 Å². The molecule has 1 rings (SSSR count). The van der Waals surface area contributed by atoms with Gasteiger partial charge in [-0.1, -0.05) is 0 Å². The average molecular weight is 335 g/mol. The third-order valence-electron chi connectivity index (χ3n) is 2.62. The fourth-order valence-corrected chi connectivity index (χ4v) is 5.23. The fraction of sp³-hybridized carbons (Fsp3) is 0.714. The van der Waals surface area contributed by atoms with Crippen LogP contribution in [0.15, 0.2) is 6.07 Å². The van der Waals surface area contributed by atoms with Crippen LogP contribution in [0.1, 0.15) is 39.0 Å². The maximum Gasteiger partial charge on any atom is 0.294 e. The second-order valence-electron chi connectivity index (χ2n) is 4.27. The van der Waals surface area contributed by atoms with Crippen molar-refractivity contribution in [2.24, 2.45) is 0 Å². The minimum absolute atomic E-state index is 0.614. The molecule has 0 amide bonds. The molecular formula is C14H27NO4P2. The van der Waals surface area contributed by atoms with Gasteiger partial charge in [-0.15, -0.1) is 0 Å². The first-order valence-corrected chi connectivity index (χ1v) is 9.72. The van der Waals surface area contributed by atoms with Crippen molar-refractivity contribution in [1.29, 1.82) is 0 Å².